The number of carbonyl (C=O) groups is 1. The van der Waals surface area contributed by atoms with Gasteiger partial charge in [-0.3, -0.25) is 4.79 Å². The van der Waals surface area contributed by atoms with Crippen LogP contribution in [0.5, 0.6) is 0 Å². The summed E-state index contributed by atoms with van der Waals surface area (Å²) >= 11 is 0. The van der Waals surface area contributed by atoms with Gasteiger partial charge < -0.3 is 10.2 Å². The monoisotopic (exact) mass is 212 g/mol. The van der Waals surface area contributed by atoms with E-state index in [0.29, 0.717) is 6.04 Å². The molecule has 3 nitrogen and oxygen atoms in total. The van der Waals surface area contributed by atoms with E-state index in [-0.39, 0.29) is 17.4 Å². The Morgan fingerprint density at radius 2 is 2.00 bits per heavy atom. The molecule has 1 rings (SSSR count). The van der Waals surface area contributed by atoms with Crippen molar-refractivity contribution in [3.05, 3.63) is 0 Å². The van der Waals surface area contributed by atoms with Crippen LogP contribution in [0, 0.1) is 5.92 Å². The number of rotatable bonds is 5. The molecule has 1 aliphatic rings. The van der Waals surface area contributed by atoms with Gasteiger partial charge in [0, 0.05) is 31.1 Å². The van der Waals surface area contributed by atoms with E-state index in [1.54, 1.807) is 0 Å². The fourth-order valence-electron chi connectivity index (χ4n) is 1.49. The van der Waals surface area contributed by atoms with Crippen LogP contribution in [-0.2, 0) is 4.79 Å². The third kappa shape index (κ3) is 3.49. The molecule has 0 aromatic heterocycles. The highest BCUT2D eigenvalue weighted by Crippen LogP contribution is 2.21. The van der Waals surface area contributed by atoms with Gasteiger partial charge in [0.15, 0.2) is 0 Å². The first-order valence-corrected chi connectivity index (χ1v) is 5.85. The van der Waals surface area contributed by atoms with Gasteiger partial charge in [0.25, 0.3) is 0 Å². The predicted molar refractivity (Wildman–Crippen MR) is 62.7 cm³/mol. The molecule has 0 spiro atoms. The van der Waals surface area contributed by atoms with Crippen molar-refractivity contribution >= 4 is 5.91 Å². The quantitative estimate of drug-likeness (QED) is 0.751. The van der Waals surface area contributed by atoms with Gasteiger partial charge in [-0.15, -0.1) is 0 Å². The van der Waals surface area contributed by atoms with E-state index in [0.717, 1.165) is 6.54 Å². The number of nitrogens with zero attached hydrogens (tertiary/aromatic N) is 1. The predicted octanol–water partition coefficient (Wildman–Crippen LogP) is 1.63. The van der Waals surface area contributed by atoms with Crippen LogP contribution in [0.4, 0.5) is 0 Å². The van der Waals surface area contributed by atoms with Gasteiger partial charge >= 0.3 is 0 Å². The van der Waals surface area contributed by atoms with E-state index in [1.807, 2.05) is 25.8 Å². The van der Waals surface area contributed by atoms with Crippen molar-refractivity contribution in [3.8, 4) is 0 Å². The molecule has 0 unspecified atom stereocenters. The summed E-state index contributed by atoms with van der Waals surface area (Å²) in [7, 11) is 1.90. The maximum Gasteiger partial charge on any atom is 0.225 e. The first-order valence-electron chi connectivity index (χ1n) is 5.85. The molecule has 1 N–H and O–H groups in total. The SMILES string of the molecule is CC(C)C(=O)N(C)C(C)(C)CNC1CC1. The average Bonchev–Trinajstić information content (AvgIpc) is 2.95. The lowest BCUT2D eigenvalue weighted by molar-refractivity contribution is -0.137. The van der Waals surface area contributed by atoms with Gasteiger partial charge in [0.2, 0.25) is 5.91 Å². The summed E-state index contributed by atoms with van der Waals surface area (Å²) in [5, 5.41) is 3.48. The normalized spacial score (nSPS) is 16.9. The Kier molecular flexibility index (Phi) is 3.77. The number of carbonyl (C=O) groups excluding carboxylic acids is 1. The number of amides is 1. The highest BCUT2D eigenvalue weighted by Gasteiger charge is 2.31. The zero-order valence-electron chi connectivity index (χ0n) is 10.6. The molecule has 0 bridgehead atoms. The van der Waals surface area contributed by atoms with Crippen LogP contribution in [0.25, 0.3) is 0 Å². The van der Waals surface area contributed by atoms with Crippen molar-refractivity contribution in [2.75, 3.05) is 13.6 Å². The Bertz CT molecular complexity index is 232. The number of hydrogen-bond acceptors (Lipinski definition) is 2. The second kappa shape index (κ2) is 4.52. The van der Waals surface area contributed by atoms with E-state index >= 15 is 0 Å². The molecule has 0 atom stereocenters. The molecule has 0 aliphatic heterocycles. The lowest BCUT2D eigenvalue weighted by Gasteiger charge is -2.37. The summed E-state index contributed by atoms with van der Waals surface area (Å²) < 4.78 is 0. The molecule has 88 valence electrons. The smallest absolute Gasteiger partial charge is 0.225 e. The molecule has 1 aliphatic carbocycles. The van der Waals surface area contributed by atoms with E-state index in [9.17, 15) is 4.79 Å². The molecule has 15 heavy (non-hydrogen) atoms. The molecule has 1 fully saturated rings. The lowest BCUT2D eigenvalue weighted by atomic mass is 10.0. The summed E-state index contributed by atoms with van der Waals surface area (Å²) in [6, 6.07) is 0.701. The molecule has 0 aromatic carbocycles. The zero-order chi connectivity index (χ0) is 11.6. The van der Waals surface area contributed by atoms with Crippen LogP contribution < -0.4 is 5.32 Å². The van der Waals surface area contributed by atoms with Crippen LogP contribution >= 0.6 is 0 Å². The summed E-state index contributed by atoms with van der Waals surface area (Å²) in [6.07, 6.45) is 2.58. The molecule has 3 heteroatoms. The Balaban J connectivity index is 2.45. The van der Waals surface area contributed by atoms with E-state index in [1.165, 1.54) is 12.8 Å². The van der Waals surface area contributed by atoms with Crippen LogP contribution in [0.1, 0.15) is 40.5 Å². The Morgan fingerprint density at radius 1 is 1.47 bits per heavy atom. The third-order valence-electron chi connectivity index (χ3n) is 3.13. The van der Waals surface area contributed by atoms with Crippen molar-refractivity contribution in [1.82, 2.24) is 10.2 Å². The topological polar surface area (TPSA) is 32.3 Å². The van der Waals surface area contributed by atoms with Gasteiger partial charge in [-0.05, 0) is 26.7 Å². The first kappa shape index (κ1) is 12.5. The molecule has 0 heterocycles. The largest absolute Gasteiger partial charge is 0.339 e. The van der Waals surface area contributed by atoms with Gasteiger partial charge in [-0.1, -0.05) is 13.8 Å². The maximum absolute atomic E-state index is 11.8. The summed E-state index contributed by atoms with van der Waals surface area (Å²) in [5.74, 6) is 0.299. The van der Waals surface area contributed by atoms with Crippen LogP contribution in [0.2, 0.25) is 0 Å². The summed E-state index contributed by atoms with van der Waals surface area (Å²) in [4.78, 5) is 13.7. The second-order valence-electron chi connectivity index (χ2n) is 5.52. The van der Waals surface area contributed by atoms with Crippen LogP contribution in [-0.4, -0.2) is 36.0 Å². The molecular formula is C12H24N2O. The van der Waals surface area contributed by atoms with Gasteiger partial charge in [0.1, 0.15) is 0 Å². The number of nitrogens with one attached hydrogen (secondary N) is 1. The standard InChI is InChI=1S/C12H24N2O/c1-9(2)11(15)14(5)12(3,4)8-13-10-6-7-10/h9-10,13H,6-8H2,1-5H3. The average molecular weight is 212 g/mol. The molecule has 1 amide bonds. The third-order valence-corrected chi connectivity index (χ3v) is 3.13. The van der Waals surface area contributed by atoms with Crippen LogP contribution in [0.15, 0.2) is 0 Å². The van der Waals surface area contributed by atoms with Gasteiger partial charge in [-0.2, -0.15) is 0 Å². The van der Waals surface area contributed by atoms with Crippen molar-refractivity contribution in [1.29, 1.82) is 0 Å². The van der Waals surface area contributed by atoms with Crippen molar-refractivity contribution in [2.45, 2.75) is 52.1 Å². The summed E-state index contributed by atoms with van der Waals surface area (Å²) in [5.41, 5.74) is -0.0933. The molecule has 1 saturated carbocycles. The van der Waals surface area contributed by atoms with E-state index in [4.69, 9.17) is 0 Å². The fraction of sp³-hybridized carbons (Fsp3) is 0.917. The zero-order valence-corrected chi connectivity index (χ0v) is 10.6. The molecule has 0 radical (unpaired) electrons. The Morgan fingerprint density at radius 3 is 2.40 bits per heavy atom. The minimum absolute atomic E-state index is 0.0789. The molecule has 0 aromatic rings. The highest BCUT2D eigenvalue weighted by molar-refractivity contribution is 5.78. The Hall–Kier alpha value is -0.570. The number of likely N-dealkylation sites (N-methyl/N-ethyl adjacent to an activating group) is 1. The van der Waals surface area contributed by atoms with Gasteiger partial charge in [0.05, 0.1) is 0 Å². The number of hydrogen-bond donors (Lipinski definition) is 1. The minimum Gasteiger partial charge on any atom is -0.339 e. The molecule has 0 saturated heterocycles. The van der Waals surface area contributed by atoms with E-state index < -0.39 is 0 Å². The lowest BCUT2D eigenvalue weighted by Crippen LogP contribution is -2.52. The van der Waals surface area contributed by atoms with Crippen LogP contribution in [0.3, 0.4) is 0 Å². The second-order valence-corrected chi connectivity index (χ2v) is 5.52. The van der Waals surface area contributed by atoms with Crippen molar-refractivity contribution < 1.29 is 4.79 Å². The first-order chi connectivity index (χ1) is 6.84. The highest BCUT2D eigenvalue weighted by atomic mass is 16.2. The minimum atomic E-state index is -0.0933. The van der Waals surface area contributed by atoms with Crippen molar-refractivity contribution in [3.63, 3.8) is 0 Å². The van der Waals surface area contributed by atoms with Crippen molar-refractivity contribution in [2.24, 2.45) is 5.92 Å². The van der Waals surface area contributed by atoms with Gasteiger partial charge in [-0.25, -0.2) is 0 Å². The maximum atomic E-state index is 11.8. The Labute approximate surface area is 93.2 Å². The fourth-order valence-corrected chi connectivity index (χ4v) is 1.49. The van der Waals surface area contributed by atoms with E-state index in [2.05, 4.69) is 19.2 Å². The summed E-state index contributed by atoms with van der Waals surface area (Å²) in [6.45, 7) is 9.00. The molecular weight excluding hydrogens is 188 g/mol.